The lowest BCUT2D eigenvalue weighted by Crippen LogP contribution is -2.10. The van der Waals surface area contributed by atoms with Crippen LogP contribution in [0.15, 0.2) is 36.1 Å². The molecule has 0 radical (unpaired) electrons. The van der Waals surface area contributed by atoms with Crippen LogP contribution in [0.1, 0.15) is 0 Å². The van der Waals surface area contributed by atoms with E-state index in [0.29, 0.717) is 12.1 Å². The summed E-state index contributed by atoms with van der Waals surface area (Å²) < 4.78 is 5.23. The second-order valence-electron chi connectivity index (χ2n) is 2.90. The molecule has 0 saturated heterocycles. The SMILES string of the molecule is C=C=C(CN)COc1cccc(O)c1O. The third-order valence-corrected chi connectivity index (χ3v) is 1.88. The average Bonchev–Trinajstić information content (AvgIpc) is 2.25. The molecule has 4 heteroatoms. The van der Waals surface area contributed by atoms with Crippen LogP contribution in [0.2, 0.25) is 0 Å². The third-order valence-electron chi connectivity index (χ3n) is 1.88. The Morgan fingerprint density at radius 1 is 1.47 bits per heavy atom. The number of para-hydroxylation sites is 1. The highest BCUT2D eigenvalue weighted by atomic mass is 16.5. The van der Waals surface area contributed by atoms with E-state index in [2.05, 4.69) is 12.3 Å². The summed E-state index contributed by atoms with van der Waals surface area (Å²) >= 11 is 0. The van der Waals surface area contributed by atoms with E-state index in [9.17, 15) is 10.2 Å². The molecular weight excluding hydrogens is 194 g/mol. The Morgan fingerprint density at radius 3 is 2.80 bits per heavy atom. The van der Waals surface area contributed by atoms with Gasteiger partial charge in [0.05, 0.1) is 0 Å². The summed E-state index contributed by atoms with van der Waals surface area (Å²) in [6.45, 7) is 3.94. The number of phenolic OH excluding ortho intramolecular Hbond substituents is 2. The van der Waals surface area contributed by atoms with Gasteiger partial charge in [-0.1, -0.05) is 12.6 Å². The number of phenols is 2. The Morgan fingerprint density at radius 2 is 2.20 bits per heavy atom. The molecule has 0 aromatic heterocycles. The molecule has 0 saturated carbocycles. The van der Waals surface area contributed by atoms with Crippen molar-refractivity contribution in [2.24, 2.45) is 5.73 Å². The van der Waals surface area contributed by atoms with Crippen LogP contribution in [-0.2, 0) is 0 Å². The van der Waals surface area contributed by atoms with E-state index in [0.717, 1.165) is 0 Å². The fourth-order valence-corrected chi connectivity index (χ4v) is 0.974. The smallest absolute Gasteiger partial charge is 0.200 e. The molecule has 1 aromatic rings. The van der Waals surface area contributed by atoms with Gasteiger partial charge in [-0.2, -0.15) is 0 Å². The Bertz CT molecular complexity index is 395. The first-order valence-electron chi connectivity index (χ1n) is 4.40. The molecule has 0 spiro atoms. The Kier molecular flexibility index (Phi) is 3.80. The number of hydrogen-bond acceptors (Lipinski definition) is 4. The predicted octanol–water partition coefficient (Wildman–Crippen LogP) is 1.15. The Labute approximate surface area is 87.9 Å². The van der Waals surface area contributed by atoms with Crippen molar-refractivity contribution in [1.82, 2.24) is 0 Å². The molecule has 0 unspecified atom stereocenters. The van der Waals surface area contributed by atoms with E-state index < -0.39 is 0 Å². The molecule has 0 aliphatic heterocycles. The van der Waals surface area contributed by atoms with Crippen molar-refractivity contribution in [1.29, 1.82) is 0 Å². The average molecular weight is 207 g/mol. The minimum absolute atomic E-state index is 0.191. The van der Waals surface area contributed by atoms with Crippen LogP contribution in [0.4, 0.5) is 0 Å². The molecule has 80 valence electrons. The molecule has 0 heterocycles. The fraction of sp³-hybridized carbons (Fsp3) is 0.182. The summed E-state index contributed by atoms with van der Waals surface area (Å²) in [5.41, 5.74) is 8.70. The molecule has 1 aromatic carbocycles. The van der Waals surface area contributed by atoms with Crippen LogP contribution >= 0.6 is 0 Å². The van der Waals surface area contributed by atoms with Gasteiger partial charge >= 0.3 is 0 Å². The Balaban J connectivity index is 2.74. The number of rotatable bonds is 4. The number of aromatic hydroxyl groups is 2. The number of nitrogens with two attached hydrogens (primary N) is 1. The van der Waals surface area contributed by atoms with E-state index in [1.54, 1.807) is 12.1 Å². The number of benzene rings is 1. The van der Waals surface area contributed by atoms with Gasteiger partial charge in [-0.15, -0.1) is 5.73 Å². The van der Waals surface area contributed by atoms with Crippen molar-refractivity contribution in [2.75, 3.05) is 13.2 Å². The maximum Gasteiger partial charge on any atom is 0.200 e. The van der Waals surface area contributed by atoms with E-state index in [-0.39, 0.29) is 23.9 Å². The van der Waals surface area contributed by atoms with Crippen LogP contribution in [-0.4, -0.2) is 23.4 Å². The minimum atomic E-state index is -0.280. The summed E-state index contributed by atoms with van der Waals surface area (Å²) in [7, 11) is 0. The van der Waals surface area contributed by atoms with Crippen molar-refractivity contribution in [3.8, 4) is 17.2 Å². The standard InChI is InChI=1S/C11H13NO3/c1-2-8(6-12)7-15-10-5-3-4-9(13)11(10)14/h3-5,13-14H,1,6-7,12H2. The van der Waals surface area contributed by atoms with Gasteiger partial charge in [-0.05, 0) is 12.1 Å². The monoisotopic (exact) mass is 207 g/mol. The zero-order valence-electron chi connectivity index (χ0n) is 8.23. The van der Waals surface area contributed by atoms with Gasteiger partial charge in [0.15, 0.2) is 11.5 Å². The first-order valence-corrected chi connectivity index (χ1v) is 4.40. The Hall–Kier alpha value is -1.90. The van der Waals surface area contributed by atoms with E-state index in [1.165, 1.54) is 6.07 Å². The maximum absolute atomic E-state index is 9.40. The van der Waals surface area contributed by atoms with Crippen molar-refractivity contribution < 1.29 is 14.9 Å². The third kappa shape index (κ3) is 2.77. The van der Waals surface area contributed by atoms with Crippen molar-refractivity contribution in [3.63, 3.8) is 0 Å². The van der Waals surface area contributed by atoms with Crippen molar-refractivity contribution in [2.45, 2.75) is 0 Å². The van der Waals surface area contributed by atoms with Crippen LogP contribution < -0.4 is 10.5 Å². The van der Waals surface area contributed by atoms with E-state index in [1.807, 2.05) is 0 Å². The van der Waals surface area contributed by atoms with E-state index >= 15 is 0 Å². The summed E-state index contributed by atoms with van der Waals surface area (Å²) in [4.78, 5) is 0. The lowest BCUT2D eigenvalue weighted by atomic mass is 10.3. The highest BCUT2D eigenvalue weighted by molar-refractivity contribution is 5.48. The second-order valence-corrected chi connectivity index (χ2v) is 2.90. The summed E-state index contributed by atoms with van der Waals surface area (Å²) in [6, 6.07) is 4.49. The molecule has 0 fully saturated rings. The molecule has 4 N–H and O–H groups in total. The van der Waals surface area contributed by atoms with Crippen LogP contribution in [0, 0.1) is 0 Å². The largest absolute Gasteiger partial charge is 0.504 e. The molecule has 0 atom stereocenters. The van der Waals surface area contributed by atoms with Gasteiger partial charge < -0.3 is 20.7 Å². The predicted molar refractivity (Wildman–Crippen MR) is 57.0 cm³/mol. The molecule has 0 bridgehead atoms. The quantitative estimate of drug-likeness (QED) is 0.511. The van der Waals surface area contributed by atoms with Gasteiger partial charge in [0.2, 0.25) is 5.75 Å². The first kappa shape index (κ1) is 11.2. The lowest BCUT2D eigenvalue weighted by Gasteiger charge is -2.08. The van der Waals surface area contributed by atoms with Gasteiger partial charge in [-0.3, -0.25) is 0 Å². The fourth-order valence-electron chi connectivity index (χ4n) is 0.974. The van der Waals surface area contributed by atoms with E-state index in [4.69, 9.17) is 10.5 Å². The number of ether oxygens (including phenoxy) is 1. The van der Waals surface area contributed by atoms with Crippen molar-refractivity contribution in [3.05, 3.63) is 36.1 Å². The summed E-state index contributed by atoms with van der Waals surface area (Å²) in [5.74, 6) is -0.293. The first-order chi connectivity index (χ1) is 7.19. The molecule has 15 heavy (non-hydrogen) atoms. The normalized spacial score (nSPS) is 9.40. The molecule has 0 aliphatic rings. The van der Waals surface area contributed by atoms with Crippen LogP contribution in [0.25, 0.3) is 0 Å². The molecule has 4 nitrogen and oxygen atoms in total. The summed E-state index contributed by atoms with van der Waals surface area (Å²) in [6.07, 6.45) is 0. The minimum Gasteiger partial charge on any atom is -0.504 e. The molecule has 0 aliphatic carbocycles. The number of hydrogen-bond donors (Lipinski definition) is 3. The molecular formula is C11H13NO3. The zero-order chi connectivity index (χ0) is 11.3. The highest BCUT2D eigenvalue weighted by Crippen LogP contribution is 2.34. The van der Waals surface area contributed by atoms with Gasteiger partial charge in [-0.25, -0.2) is 0 Å². The highest BCUT2D eigenvalue weighted by Gasteiger charge is 2.06. The molecule has 1 rings (SSSR count). The van der Waals surface area contributed by atoms with Gasteiger partial charge in [0.25, 0.3) is 0 Å². The van der Waals surface area contributed by atoms with Crippen LogP contribution in [0.5, 0.6) is 17.2 Å². The zero-order valence-corrected chi connectivity index (χ0v) is 8.23. The topological polar surface area (TPSA) is 75.7 Å². The lowest BCUT2D eigenvalue weighted by molar-refractivity contribution is 0.316. The summed E-state index contributed by atoms with van der Waals surface area (Å²) in [5, 5.41) is 18.6. The van der Waals surface area contributed by atoms with Gasteiger partial charge in [0.1, 0.15) is 6.61 Å². The maximum atomic E-state index is 9.40. The van der Waals surface area contributed by atoms with Gasteiger partial charge in [0, 0.05) is 12.1 Å². The molecule has 0 amide bonds. The van der Waals surface area contributed by atoms with Crippen molar-refractivity contribution >= 4 is 0 Å². The second kappa shape index (κ2) is 5.10. The van der Waals surface area contributed by atoms with Crippen LogP contribution in [0.3, 0.4) is 0 Å².